The number of carbonyl (C=O) groups excluding carboxylic acids is 1. The maximum Gasteiger partial charge on any atom is 0.322 e. The highest BCUT2D eigenvalue weighted by molar-refractivity contribution is 7.08. The second-order valence-corrected chi connectivity index (χ2v) is 7.36. The van der Waals surface area contributed by atoms with E-state index < -0.39 is 0 Å². The van der Waals surface area contributed by atoms with E-state index in [9.17, 15) is 9.59 Å². The molecule has 0 fully saturated rings. The summed E-state index contributed by atoms with van der Waals surface area (Å²) < 4.78 is 5.88. The standard InChI is InChI=1S/C21H18N4O3S/c26-20(23-12-10-19-24-25-21(27)29-19)14-5-7-16(8-6-14)28-13-15-9-11-22-18-4-2-1-3-17(15)18/h1-9,11H,10,12-13H2,(H,23,26)(H,25,27). The van der Waals surface area contributed by atoms with Gasteiger partial charge in [0.2, 0.25) is 0 Å². The molecule has 0 unspecified atom stereocenters. The number of ether oxygens (including phenoxy) is 1. The second-order valence-electron chi connectivity index (χ2n) is 6.31. The third-order valence-corrected chi connectivity index (χ3v) is 5.16. The zero-order valence-electron chi connectivity index (χ0n) is 15.4. The first-order valence-corrected chi connectivity index (χ1v) is 9.89. The van der Waals surface area contributed by atoms with E-state index in [1.807, 2.05) is 30.3 Å². The molecule has 146 valence electrons. The average Bonchev–Trinajstić information content (AvgIpc) is 3.17. The molecule has 2 heterocycles. The Labute approximate surface area is 170 Å². The number of fused-ring (bicyclic) bond motifs is 1. The topological polar surface area (TPSA) is 97.0 Å². The van der Waals surface area contributed by atoms with Crippen LogP contribution in [0.2, 0.25) is 0 Å². The lowest BCUT2D eigenvalue weighted by Crippen LogP contribution is -2.25. The summed E-state index contributed by atoms with van der Waals surface area (Å²) in [6.07, 6.45) is 2.28. The molecular weight excluding hydrogens is 388 g/mol. The number of hydrogen-bond acceptors (Lipinski definition) is 6. The van der Waals surface area contributed by atoms with Gasteiger partial charge in [-0.25, -0.2) is 5.10 Å². The van der Waals surface area contributed by atoms with Gasteiger partial charge in [-0.3, -0.25) is 14.6 Å². The van der Waals surface area contributed by atoms with Gasteiger partial charge in [0.1, 0.15) is 17.4 Å². The molecule has 0 aliphatic heterocycles. The fourth-order valence-electron chi connectivity index (χ4n) is 2.90. The molecule has 0 aliphatic rings. The molecule has 1 amide bonds. The number of amides is 1. The third kappa shape index (κ3) is 4.67. The fraction of sp³-hybridized carbons (Fsp3) is 0.143. The van der Waals surface area contributed by atoms with Crippen LogP contribution in [0.5, 0.6) is 5.75 Å². The molecule has 8 heteroatoms. The van der Waals surface area contributed by atoms with Crippen LogP contribution in [0.25, 0.3) is 10.9 Å². The van der Waals surface area contributed by atoms with Crippen molar-refractivity contribution in [3.8, 4) is 5.75 Å². The zero-order chi connectivity index (χ0) is 20.1. The summed E-state index contributed by atoms with van der Waals surface area (Å²) in [4.78, 5) is 27.4. The Morgan fingerprint density at radius 1 is 1.10 bits per heavy atom. The van der Waals surface area contributed by atoms with Crippen molar-refractivity contribution in [3.05, 3.63) is 86.6 Å². The second kappa shape index (κ2) is 8.66. The first-order chi connectivity index (χ1) is 14.2. The molecule has 2 aromatic carbocycles. The van der Waals surface area contributed by atoms with Gasteiger partial charge in [-0.1, -0.05) is 29.5 Å². The van der Waals surface area contributed by atoms with E-state index >= 15 is 0 Å². The van der Waals surface area contributed by atoms with E-state index in [2.05, 4.69) is 20.5 Å². The summed E-state index contributed by atoms with van der Waals surface area (Å²) in [5.41, 5.74) is 2.53. The number of aromatic amines is 1. The molecule has 0 atom stereocenters. The monoisotopic (exact) mass is 406 g/mol. The van der Waals surface area contributed by atoms with Gasteiger partial charge in [0, 0.05) is 35.7 Å². The number of H-pyrrole nitrogens is 1. The quantitative estimate of drug-likeness (QED) is 0.492. The number of rotatable bonds is 7. The maximum atomic E-state index is 12.2. The van der Waals surface area contributed by atoms with Crippen LogP contribution in [0.3, 0.4) is 0 Å². The summed E-state index contributed by atoms with van der Waals surface area (Å²) in [5.74, 6) is 0.503. The van der Waals surface area contributed by atoms with E-state index in [1.54, 1.807) is 30.5 Å². The third-order valence-electron chi connectivity index (χ3n) is 4.36. The zero-order valence-corrected chi connectivity index (χ0v) is 16.2. The van der Waals surface area contributed by atoms with E-state index in [0.717, 1.165) is 27.8 Å². The molecule has 2 aromatic heterocycles. The van der Waals surface area contributed by atoms with Crippen LogP contribution < -0.4 is 14.9 Å². The molecule has 0 saturated carbocycles. The Kier molecular flexibility index (Phi) is 5.62. The minimum Gasteiger partial charge on any atom is -0.489 e. The molecule has 0 radical (unpaired) electrons. The van der Waals surface area contributed by atoms with Gasteiger partial charge in [-0.15, -0.1) is 0 Å². The molecule has 2 N–H and O–H groups in total. The summed E-state index contributed by atoms with van der Waals surface area (Å²) in [7, 11) is 0. The first-order valence-electron chi connectivity index (χ1n) is 9.07. The first kappa shape index (κ1) is 18.8. The van der Waals surface area contributed by atoms with Crippen LogP contribution in [0, 0.1) is 0 Å². The van der Waals surface area contributed by atoms with Crippen LogP contribution in [0.15, 0.2) is 65.6 Å². The van der Waals surface area contributed by atoms with Gasteiger partial charge in [-0.05, 0) is 36.4 Å². The van der Waals surface area contributed by atoms with Crippen molar-refractivity contribution in [2.45, 2.75) is 13.0 Å². The number of nitrogens with zero attached hydrogens (tertiary/aromatic N) is 2. The number of para-hydroxylation sites is 1. The summed E-state index contributed by atoms with van der Waals surface area (Å²) in [6.45, 7) is 0.827. The molecule has 4 rings (SSSR count). The minimum atomic E-state index is -0.193. The Balaban J connectivity index is 1.32. The number of benzene rings is 2. The van der Waals surface area contributed by atoms with Crippen molar-refractivity contribution in [1.82, 2.24) is 20.5 Å². The van der Waals surface area contributed by atoms with Gasteiger partial charge >= 0.3 is 4.87 Å². The van der Waals surface area contributed by atoms with Crippen molar-refractivity contribution in [3.63, 3.8) is 0 Å². The van der Waals surface area contributed by atoms with E-state index in [1.165, 1.54) is 0 Å². The molecule has 7 nitrogen and oxygen atoms in total. The summed E-state index contributed by atoms with van der Waals surface area (Å²) in [6, 6.07) is 16.9. The van der Waals surface area contributed by atoms with E-state index in [4.69, 9.17) is 4.74 Å². The highest BCUT2D eigenvalue weighted by Crippen LogP contribution is 2.19. The maximum absolute atomic E-state index is 12.2. The van der Waals surface area contributed by atoms with Gasteiger partial charge in [0.25, 0.3) is 5.91 Å². The van der Waals surface area contributed by atoms with Crippen LogP contribution in [-0.2, 0) is 13.0 Å². The molecule has 0 spiro atoms. The number of nitrogens with one attached hydrogen (secondary N) is 2. The smallest absolute Gasteiger partial charge is 0.322 e. The predicted octanol–water partition coefficient (Wildman–Crippen LogP) is 2.93. The molecule has 29 heavy (non-hydrogen) atoms. The van der Waals surface area contributed by atoms with Crippen molar-refractivity contribution in [2.24, 2.45) is 0 Å². The predicted molar refractivity (Wildman–Crippen MR) is 111 cm³/mol. The Hall–Kier alpha value is -3.52. The Morgan fingerprint density at radius 3 is 2.72 bits per heavy atom. The van der Waals surface area contributed by atoms with Gasteiger partial charge < -0.3 is 10.1 Å². The highest BCUT2D eigenvalue weighted by atomic mass is 32.1. The van der Waals surface area contributed by atoms with Crippen LogP contribution in [-0.4, -0.2) is 27.6 Å². The van der Waals surface area contributed by atoms with Crippen molar-refractivity contribution in [2.75, 3.05) is 6.54 Å². The SMILES string of the molecule is O=C(NCCc1n[nH]c(=O)s1)c1ccc(OCc2ccnc3ccccc23)cc1. The Morgan fingerprint density at radius 2 is 1.93 bits per heavy atom. The molecule has 0 saturated heterocycles. The molecular formula is C21H18N4O3S. The largest absolute Gasteiger partial charge is 0.489 e. The lowest BCUT2D eigenvalue weighted by atomic mass is 10.1. The lowest BCUT2D eigenvalue weighted by Gasteiger charge is -2.09. The van der Waals surface area contributed by atoms with Crippen molar-refractivity contribution in [1.29, 1.82) is 0 Å². The molecule has 0 bridgehead atoms. The lowest BCUT2D eigenvalue weighted by molar-refractivity contribution is 0.0954. The minimum absolute atomic E-state index is 0.181. The molecule has 4 aromatic rings. The normalized spacial score (nSPS) is 10.8. The van der Waals surface area contributed by atoms with Gasteiger partial charge in [0.05, 0.1) is 5.52 Å². The average molecular weight is 406 g/mol. The summed E-state index contributed by atoms with van der Waals surface area (Å²) in [5, 5.41) is 10.8. The number of hydrogen-bond donors (Lipinski definition) is 2. The Bertz CT molecular complexity index is 1180. The van der Waals surface area contributed by atoms with E-state index in [-0.39, 0.29) is 10.8 Å². The number of aromatic nitrogens is 3. The number of carbonyl (C=O) groups is 1. The van der Waals surface area contributed by atoms with Crippen LogP contribution in [0.4, 0.5) is 0 Å². The van der Waals surface area contributed by atoms with Crippen molar-refractivity contribution < 1.29 is 9.53 Å². The molecule has 0 aliphatic carbocycles. The number of pyridine rings is 1. The van der Waals surface area contributed by atoms with E-state index in [0.29, 0.717) is 35.9 Å². The van der Waals surface area contributed by atoms with Crippen LogP contribution in [0.1, 0.15) is 20.9 Å². The van der Waals surface area contributed by atoms with Crippen molar-refractivity contribution >= 4 is 28.1 Å². The highest BCUT2D eigenvalue weighted by Gasteiger charge is 2.07. The van der Waals surface area contributed by atoms with Crippen LogP contribution >= 0.6 is 11.3 Å². The van der Waals surface area contributed by atoms with Gasteiger partial charge in [-0.2, -0.15) is 5.10 Å². The fourth-order valence-corrected chi connectivity index (χ4v) is 3.50. The summed E-state index contributed by atoms with van der Waals surface area (Å²) >= 11 is 1.05. The van der Waals surface area contributed by atoms with Gasteiger partial charge in [0.15, 0.2) is 0 Å².